The second-order valence-corrected chi connectivity index (χ2v) is 7.61. The number of carbonyl (C=O) groups excluding carboxylic acids is 2. The van der Waals surface area contributed by atoms with E-state index < -0.39 is 0 Å². The van der Waals surface area contributed by atoms with Crippen molar-refractivity contribution >= 4 is 11.8 Å². The molecule has 158 valence electrons. The summed E-state index contributed by atoms with van der Waals surface area (Å²) in [5.74, 6) is -0.126. The topological polar surface area (TPSA) is 72.2 Å². The van der Waals surface area contributed by atoms with Crippen LogP contribution in [-0.2, 0) is 9.59 Å². The summed E-state index contributed by atoms with van der Waals surface area (Å²) in [4.78, 5) is 22.3. The highest BCUT2D eigenvalue weighted by molar-refractivity contribution is 5.75. The fourth-order valence-corrected chi connectivity index (χ4v) is 3.10. The van der Waals surface area contributed by atoms with E-state index in [2.05, 4.69) is 24.4 Å². The number of carbonyl (C=O) groups is 2. The summed E-state index contributed by atoms with van der Waals surface area (Å²) in [5, 5.41) is 2.98. The van der Waals surface area contributed by atoms with Crippen LogP contribution in [0, 0.1) is 0 Å². The maximum Gasteiger partial charge on any atom is 0.219 e. The second-order valence-electron chi connectivity index (χ2n) is 7.61. The predicted octanol–water partition coefficient (Wildman–Crippen LogP) is 5.80. The molecule has 0 spiro atoms. The summed E-state index contributed by atoms with van der Waals surface area (Å²) in [7, 11) is 0. The molecule has 3 N–H and O–H groups in total. The molecule has 0 atom stereocenters. The van der Waals surface area contributed by atoms with Crippen LogP contribution in [0.15, 0.2) is 12.2 Å². The van der Waals surface area contributed by atoms with Crippen molar-refractivity contribution in [3.05, 3.63) is 12.2 Å². The van der Waals surface area contributed by atoms with E-state index in [9.17, 15) is 9.59 Å². The minimum atomic E-state index is -0.257. The summed E-state index contributed by atoms with van der Waals surface area (Å²) >= 11 is 0. The number of nitrogens with two attached hydrogens (primary N) is 1. The molecule has 0 aliphatic carbocycles. The van der Waals surface area contributed by atoms with Crippen LogP contribution in [0.25, 0.3) is 0 Å². The van der Waals surface area contributed by atoms with Crippen molar-refractivity contribution in [3.63, 3.8) is 0 Å². The number of rotatable bonds is 20. The molecule has 0 aliphatic rings. The molecule has 0 radical (unpaired) electrons. The van der Waals surface area contributed by atoms with E-state index in [1.165, 1.54) is 70.6 Å². The minimum Gasteiger partial charge on any atom is -0.370 e. The molecule has 0 heterocycles. The summed E-state index contributed by atoms with van der Waals surface area (Å²) in [6, 6.07) is 0. The molecule has 27 heavy (non-hydrogen) atoms. The summed E-state index contributed by atoms with van der Waals surface area (Å²) in [6.45, 7) is 3.05. The molecule has 4 nitrogen and oxygen atoms in total. The Morgan fingerprint density at radius 3 is 1.85 bits per heavy atom. The standard InChI is InChI=1S/C23H44N2O2/c1-2-3-4-5-6-7-8-9-10-11-12-13-14-18-21-25-23(27)20-17-15-16-19-22(24)26/h9-10H,2-8,11-21H2,1H3,(H2,24,26)(H,25,27)/b10-9-. The summed E-state index contributed by atoms with van der Waals surface area (Å²) in [6.07, 6.45) is 23.6. The third kappa shape index (κ3) is 22.6. The molecule has 0 aromatic heterocycles. The first-order chi connectivity index (χ1) is 13.2. The fourth-order valence-electron chi connectivity index (χ4n) is 3.10. The average molecular weight is 381 g/mol. The Balaban J connectivity index is 3.22. The van der Waals surface area contributed by atoms with Crippen LogP contribution in [0.2, 0.25) is 0 Å². The molecule has 0 rings (SSSR count). The van der Waals surface area contributed by atoms with Gasteiger partial charge in [0.05, 0.1) is 0 Å². The van der Waals surface area contributed by atoms with Gasteiger partial charge in [0.1, 0.15) is 0 Å². The smallest absolute Gasteiger partial charge is 0.219 e. The highest BCUT2D eigenvalue weighted by atomic mass is 16.1. The number of unbranched alkanes of at least 4 members (excludes halogenated alkanes) is 12. The van der Waals surface area contributed by atoms with Crippen molar-refractivity contribution in [3.8, 4) is 0 Å². The molecule has 0 aromatic rings. The number of hydrogen-bond acceptors (Lipinski definition) is 2. The van der Waals surface area contributed by atoms with Crippen LogP contribution in [-0.4, -0.2) is 18.4 Å². The van der Waals surface area contributed by atoms with Crippen LogP contribution >= 0.6 is 0 Å². The third-order valence-corrected chi connectivity index (χ3v) is 4.84. The Labute approximate surface area is 167 Å². The first kappa shape index (κ1) is 25.7. The van der Waals surface area contributed by atoms with Gasteiger partial charge in [0.25, 0.3) is 0 Å². The van der Waals surface area contributed by atoms with Crippen molar-refractivity contribution < 1.29 is 9.59 Å². The molecule has 0 aliphatic heterocycles. The predicted molar refractivity (Wildman–Crippen MR) is 116 cm³/mol. The van der Waals surface area contributed by atoms with Gasteiger partial charge in [-0.25, -0.2) is 0 Å². The van der Waals surface area contributed by atoms with E-state index in [0.29, 0.717) is 12.8 Å². The summed E-state index contributed by atoms with van der Waals surface area (Å²) in [5.41, 5.74) is 5.08. The number of allylic oxidation sites excluding steroid dienone is 2. The van der Waals surface area contributed by atoms with Gasteiger partial charge in [0.2, 0.25) is 11.8 Å². The van der Waals surface area contributed by atoms with E-state index >= 15 is 0 Å². The molecule has 2 amide bonds. The normalized spacial score (nSPS) is 11.1. The van der Waals surface area contributed by atoms with E-state index in [1.54, 1.807) is 0 Å². The lowest BCUT2D eigenvalue weighted by Crippen LogP contribution is -2.24. The fraction of sp³-hybridized carbons (Fsp3) is 0.826. The van der Waals surface area contributed by atoms with Gasteiger partial charge >= 0.3 is 0 Å². The third-order valence-electron chi connectivity index (χ3n) is 4.84. The van der Waals surface area contributed by atoms with Gasteiger partial charge < -0.3 is 11.1 Å². The van der Waals surface area contributed by atoms with Gasteiger partial charge in [0.15, 0.2) is 0 Å². The largest absolute Gasteiger partial charge is 0.370 e. The van der Waals surface area contributed by atoms with Crippen molar-refractivity contribution in [2.24, 2.45) is 5.73 Å². The zero-order valence-electron chi connectivity index (χ0n) is 17.8. The van der Waals surface area contributed by atoms with Gasteiger partial charge in [-0.2, -0.15) is 0 Å². The van der Waals surface area contributed by atoms with Gasteiger partial charge in [-0.3, -0.25) is 9.59 Å². The molecule has 4 heteroatoms. The van der Waals surface area contributed by atoms with Gasteiger partial charge in [-0.1, -0.05) is 70.4 Å². The Morgan fingerprint density at radius 2 is 1.22 bits per heavy atom. The molecule has 0 fully saturated rings. The average Bonchev–Trinajstić information content (AvgIpc) is 2.64. The quantitative estimate of drug-likeness (QED) is 0.207. The van der Waals surface area contributed by atoms with Crippen LogP contribution < -0.4 is 11.1 Å². The monoisotopic (exact) mass is 380 g/mol. The number of hydrogen-bond donors (Lipinski definition) is 2. The first-order valence-corrected chi connectivity index (χ1v) is 11.4. The highest BCUT2D eigenvalue weighted by Crippen LogP contribution is 2.08. The molecular weight excluding hydrogens is 336 g/mol. The van der Waals surface area contributed by atoms with E-state index in [0.717, 1.165) is 32.2 Å². The molecular formula is C23H44N2O2. The Bertz CT molecular complexity index is 381. The molecule has 0 bridgehead atoms. The first-order valence-electron chi connectivity index (χ1n) is 11.4. The summed E-state index contributed by atoms with van der Waals surface area (Å²) < 4.78 is 0. The lowest BCUT2D eigenvalue weighted by Gasteiger charge is -2.05. The zero-order valence-corrected chi connectivity index (χ0v) is 17.8. The van der Waals surface area contributed by atoms with E-state index in [4.69, 9.17) is 5.73 Å². The molecule has 0 saturated carbocycles. The lowest BCUT2D eigenvalue weighted by molar-refractivity contribution is -0.121. The van der Waals surface area contributed by atoms with Crippen LogP contribution in [0.3, 0.4) is 0 Å². The van der Waals surface area contributed by atoms with Crippen LogP contribution in [0.4, 0.5) is 0 Å². The lowest BCUT2D eigenvalue weighted by atomic mass is 10.1. The van der Waals surface area contributed by atoms with Crippen LogP contribution in [0.5, 0.6) is 0 Å². The van der Waals surface area contributed by atoms with Crippen LogP contribution in [0.1, 0.15) is 116 Å². The van der Waals surface area contributed by atoms with Gasteiger partial charge in [0, 0.05) is 19.4 Å². The minimum absolute atomic E-state index is 0.131. The zero-order chi connectivity index (χ0) is 20.0. The van der Waals surface area contributed by atoms with Crippen molar-refractivity contribution in [2.75, 3.05) is 6.54 Å². The van der Waals surface area contributed by atoms with E-state index in [1.807, 2.05) is 0 Å². The molecule has 0 saturated heterocycles. The number of primary amides is 1. The maximum atomic E-state index is 11.7. The number of nitrogens with one attached hydrogen (secondary N) is 1. The molecule has 0 unspecified atom stereocenters. The Morgan fingerprint density at radius 1 is 0.704 bits per heavy atom. The van der Waals surface area contributed by atoms with Crippen molar-refractivity contribution in [1.82, 2.24) is 5.32 Å². The molecule has 0 aromatic carbocycles. The van der Waals surface area contributed by atoms with Crippen molar-refractivity contribution in [2.45, 2.75) is 116 Å². The Hall–Kier alpha value is -1.32. The van der Waals surface area contributed by atoms with Crippen molar-refractivity contribution in [1.29, 1.82) is 0 Å². The SMILES string of the molecule is CCCCCCCC/C=C\CCCCCCNC(=O)CCCCCC(N)=O. The van der Waals surface area contributed by atoms with Gasteiger partial charge in [-0.05, 0) is 44.9 Å². The Kier molecular flexibility index (Phi) is 20.0. The highest BCUT2D eigenvalue weighted by Gasteiger charge is 2.01. The van der Waals surface area contributed by atoms with E-state index in [-0.39, 0.29) is 11.8 Å². The second kappa shape index (κ2) is 21.0. The maximum absolute atomic E-state index is 11.7. The van der Waals surface area contributed by atoms with Gasteiger partial charge in [-0.15, -0.1) is 0 Å². The number of amides is 2.